The number of furan rings is 1. The molecule has 6 aromatic carbocycles. The first kappa shape index (κ1) is 21.0. The molecule has 0 amide bonds. The lowest BCUT2D eigenvalue weighted by molar-refractivity contribution is 0.669. The molecule has 0 aliphatic heterocycles. The normalized spacial score (nSPS) is 12.9. The lowest BCUT2D eigenvalue weighted by Gasteiger charge is -2.04. The van der Waals surface area contributed by atoms with Crippen LogP contribution in [0, 0.1) is 0 Å². The van der Waals surface area contributed by atoms with Crippen molar-refractivity contribution in [2.45, 2.75) is 6.42 Å². The van der Waals surface area contributed by atoms with Gasteiger partial charge in [-0.1, -0.05) is 72.8 Å². The number of hydrogen-bond donors (Lipinski definition) is 1. The third-order valence-corrected chi connectivity index (χ3v) is 9.96. The Morgan fingerprint density at radius 1 is 0.550 bits per heavy atom. The Morgan fingerprint density at radius 2 is 1.43 bits per heavy atom. The Bertz CT molecular complexity index is 2520. The van der Waals surface area contributed by atoms with Crippen molar-refractivity contribution < 1.29 is 4.42 Å². The van der Waals surface area contributed by atoms with Crippen LogP contribution in [0.25, 0.3) is 86.2 Å². The molecule has 0 saturated heterocycles. The second-order valence-corrected chi connectivity index (χ2v) is 12.1. The summed E-state index contributed by atoms with van der Waals surface area (Å²) in [4.78, 5) is 3.72. The highest BCUT2D eigenvalue weighted by molar-refractivity contribution is 7.26. The number of benzene rings is 6. The minimum absolute atomic E-state index is 0.955. The van der Waals surface area contributed by atoms with E-state index in [1.165, 1.54) is 69.5 Å². The molecule has 1 N–H and O–H groups in total. The summed E-state index contributed by atoms with van der Waals surface area (Å²) in [6, 6.07) is 39.9. The fourth-order valence-electron chi connectivity index (χ4n) is 7.03. The highest BCUT2D eigenvalue weighted by Gasteiger charge is 2.22. The summed E-state index contributed by atoms with van der Waals surface area (Å²) in [5.41, 5.74) is 12.0. The SMILES string of the molecule is c1ccc2c(c1)Cc1cc3oc4c(-c5ccc6c(c5)[nH]c5ccc7sc8ccccc8c7c56)cccc4c3cc1-2. The molecule has 3 aromatic heterocycles. The Morgan fingerprint density at radius 3 is 2.42 bits per heavy atom. The summed E-state index contributed by atoms with van der Waals surface area (Å²) in [7, 11) is 0. The number of aromatic nitrogens is 1. The number of thiophene rings is 1. The molecule has 0 bridgehead atoms. The molecule has 3 heterocycles. The molecule has 0 radical (unpaired) electrons. The Balaban J connectivity index is 1.19. The molecule has 0 unspecified atom stereocenters. The first-order chi connectivity index (χ1) is 19.8. The van der Waals surface area contributed by atoms with Crippen LogP contribution in [0.5, 0.6) is 0 Å². The fraction of sp³-hybridized carbons (Fsp3) is 0.0270. The first-order valence-electron chi connectivity index (χ1n) is 13.7. The minimum atomic E-state index is 0.955. The van der Waals surface area contributed by atoms with Gasteiger partial charge in [-0.05, 0) is 70.6 Å². The number of nitrogens with one attached hydrogen (secondary N) is 1. The standard InChI is InChI=1S/C37H21NOS/c1-2-7-23-20(6-1)16-22-18-32-29(19-28(22)23)25-10-5-9-24(37(25)39-32)21-12-13-26-31(17-21)38-30-14-15-34-36(35(26)30)27-8-3-4-11-33(27)40-34/h1-15,17-19,38H,16H2. The number of hydrogen-bond acceptors (Lipinski definition) is 2. The summed E-state index contributed by atoms with van der Waals surface area (Å²) in [5, 5.41) is 7.62. The van der Waals surface area contributed by atoms with Gasteiger partial charge in [-0.3, -0.25) is 0 Å². The third-order valence-electron chi connectivity index (χ3n) is 8.82. The van der Waals surface area contributed by atoms with E-state index in [0.717, 1.165) is 34.2 Å². The molecular formula is C37H21NOS. The van der Waals surface area contributed by atoms with Crippen LogP contribution in [-0.4, -0.2) is 4.98 Å². The van der Waals surface area contributed by atoms with Gasteiger partial charge >= 0.3 is 0 Å². The van der Waals surface area contributed by atoms with E-state index in [0.29, 0.717) is 0 Å². The molecule has 10 rings (SSSR count). The van der Waals surface area contributed by atoms with Gasteiger partial charge in [-0.25, -0.2) is 0 Å². The second kappa shape index (κ2) is 7.41. The van der Waals surface area contributed by atoms with Crippen LogP contribution in [0.3, 0.4) is 0 Å². The molecule has 3 heteroatoms. The van der Waals surface area contributed by atoms with E-state index in [1.807, 2.05) is 11.3 Å². The van der Waals surface area contributed by atoms with Gasteiger partial charge in [-0.15, -0.1) is 11.3 Å². The van der Waals surface area contributed by atoms with Crippen molar-refractivity contribution in [3.8, 4) is 22.3 Å². The van der Waals surface area contributed by atoms with E-state index in [4.69, 9.17) is 4.42 Å². The van der Waals surface area contributed by atoms with Crippen molar-refractivity contribution in [3.63, 3.8) is 0 Å². The smallest absolute Gasteiger partial charge is 0.143 e. The Labute approximate surface area is 233 Å². The molecule has 9 aromatic rings. The number of aromatic amines is 1. The third kappa shape index (κ3) is 2.67. The summed E-state index contributed by atoms with van der Waals surface area (Å²) in [6.07, 6.45) is 0.967. The summed E-state index contributed by atoms with van der Waals surface area (Å²) >= 11 is 1.87. The molecule has 186 valence electrons. The van der Waals surface area contributed by atoms with Gasteiger partial charge in [0.2, 0.25) is 0 Å². The van der Waals surface area contributed by atoms with Crippen LogP contribution < -0.4 is 0 Å². The Kier molecular flexibility index (Phi) is 3.89. The van der Waals surface area contributed by atoms with E-state index in [-0.39, 0.29) is 0 Å². The van der Waals surface area contributed by atoms with Crippen LogP contribution in [0.1, 0.15) is 11.1 Å². The zero-order valence-corrected chi connectivity index (χ0v) is 22.2. The lowest BCUT2D eigenvalue weighted by Crippen LogP contribution is -1.80. The lowest BCUT2D eigenvalue weighted by atomic mass is 9.99. The Hall–Kier alpha value is -4.86. The van der Waals surface area contributed by atoms with Crippen molar-refractivity contribution in [2.75, 3.05) is 0 Å². The van der Waals surface area contributed by atoms with Crippen LogP contribution in [0.15, 0.2) is 114 Å². The van der Waals surface area contributed by atoms with Gasteiger partial charge in [-0.2, -0.15) is 0 Å². The van der Waals surface area contributed by atoms with Gasteiger partial charge < -0.3 is 9.40 Å². The average molecular weight is 528 g/mol. The maximum absolute atomic E-state index is 6.62. The van der Waals surface area contributed by atoms with Crippen LogP contribution in [0.4, 0.5) is 0 Å². The zero-order valence-electron chi connectivity index (χ0n) is 21.4. The van der Waals surface area contributed by atoms with Gasteiger partial charge in [0, 0.05) is 58.3 Å². The number of H-pyrrole nitrogens is 1. The van der Waals surface area contributed by atoms with E-state index < -0.39 is 0 Å². The number of fused-ring (bicyclic) bond motifs is 13. The van der Waals surface area contributed by atoms with Crippen LogP contribution in [0.2, 0.25) is 0 Å². The summed E-state index contributed by atoms with van der Waals surface area (Å²) in [5.74, 6) is 0. The van der Waals surface area contributed by atoms with Gasteiger partial charge in [0.25, 0.3) is 0 Å². The van der Waals surface area contributed by atoms with Crippen molar-refractivity contribution in [3.05, 3.63) is 120 Å². The monoisotopic (exact) mass is 527 g/mol. The van der Waals surface area contributed by atoms with Crippen molar-refractivity contribution in [1.82, 2.24) is 4.98 Å². The molecule has 0 atom stereocenters. The van der Waals surface area contributed by atoms with Crippen molar-refractivity contribution >= 4 is 75.3 Å². The number of rotatable bonds is 1. The average Bonchev–Trinajstić information content (AvgIpc) is 3.74. The van der Waals surface area contributed by atoms with Crippen LogP contribution in [-0.2, 0) is 6.42 Å². The molecule has 1 aliphatic carbocycles. The topological polar surface area (TPSA) is 28.9 Å². The summed E-state index contributed by atoms with van der Waals surface area (Å²) < 4.78 is 9.29. The molecule has 1 aliphatic rings. The first-order valence-corrected chi connectivity index (χ1v) is 14.5. The quantitative estimate of drug-likeness (QED) is 0.226. The van der Waals surface area contributed by atoms with E-state index in [1.54, 1.807) is 0 Å². The van der Waals surface area contributed by atoms with Crippen molar-refractivity contribution in [2.24, 2.45) is 0 Å². The van der Waals surface area contributed by atoms with Gasteiger partial charge in [0.05, 0.1) is 0 Å². The maximum Gasteiger partial charge on any atom is 0.143 e. The molecule has 0 spiro atoms. The largest absolute Gasteiger partial charge is 0.455 e. The molecule has 0 fully saturated rings. The summed E-state index contributed by atoms with van der Waals surface area (Å²) in [6.45, 7) is 0. The van der Waals surface area contributed by atoms with E-state index in [9.17, 15) is 0 Å². The predicted octanol–water partition coefficient (Wildman–Crippen LogP) is 10.8. The molecular weight excluding hydrogens is 506 g/mol. The molecule has 2 nitrogen and oxygen atoms in total. The second-order valence-electron chi connectivity index (χ2n) is 11.0. The van der Waals surface area contributed by atoms with E-state index >= 15 is 0 Å². The highest BCUT2D eigenvalue weighted by Crippen LogP contribution is 2.45. The minimum Gasteiger partial charge on any atom is -0.455 e. The molecule has 0 saturated carbocycles. The predicted molar refractivity (Wildman–Crippen MR) is 170 cm³/mol. The van der Waals surface area contributed by atoms with E-state index in [2.05, 4.69) is 114 Å². The zero-order chi connectivity index (χ0) is 25.9. The highest BCUT2D eigenvalue weighted by atomic mass is 32.1. The number of para-hydroxylation sites is 1. The fourth-order valence-corrected chi connectivity index (χ4v) is 8.15. The maximum atomic E-state index is 6.62. The van der Waals surface area contributed by atoms with Gasteiger partial charge in [0.1, 0.15) is 11.2 Å². The van der Waals surface area contributed by atoms with Crippen molar-refractivity contribution in [1.29, 1.82) is 0 Å². The van der Waals surface area contributed by atoms with Gasteiger partial charge in [0.15, 0.2) is 0 Å². The molecule has 40 heavy (non-hydrogen) atoms. The van der Waals surface area contributed by atoms with Crippen LogP contribution >= 0.6 is 11.3 Å².